The maximum Gasteiger partial charge on any atom is 0.163 e. The summed E-state index contributed by atoms with van der Waals surface area (Å²) in [5, 5.41) is 0. The molecule has 0 unspecified atom stereocenters. The molecule has 0 fully saturated rings. The lowest BCUT2D eigenvalue weighted by atomic mass is 9.99. The van der Waals surface area contributed by atoms with Gasteiger partial charge in [-0.1, -0.05) is 17.7 Å². The zero-order valence-corrected chi connectivity index (χ0v) is 8.98. The number of hydrogen-bond donors (Lipinski definition) is 1. The van der Waals surface area contributed by atoms with Gasteiger partial charge >= 0.3 is 0 Å². The van der Waals surface area contributed by atoms with Gasteiger partial charge in [-0.25, -0.2) is 8.78 Å². The van der Waals surface area contributed by atoms with Crippen molar-refractivity contribution in [1.82, 2.24) is 0 Å². The lowest BCUT2D eigenvalue weighted by Gasteiger charge is -2.13. The first kappa shape index (κ1) is 11.9. The van der Waals surface area contributed by atoms with Gasteiger partial charge in [-0.2, -0.15) is 0 Å². The Bertz CT molecular complexity index is 385. The quantitative estimate of drug-likeness (QED) is 0.763. The molecule has 1 nitrogen and oxygen atoms in total. The molecule has 1 aromatic carbocycles. The van der Waals surface area contributed by atoms with E-state index < -0.39 is 17.7 Å². The summed E-state index contributed by atoms with van der Waals surface area (Å²) in [5.74, 6) is -1.66. The van der Waals surface area contributed by atoms with Crippen LogP contribution in [0.3, 0.4) is 0 Å². The molecule has 2 N–H and O–H groups in total. The van der Waals surface area contributed by atoms with Crippen molar-refractivity contribution in [2.75, 3.05) is 0 Å². The summed E-state index contributed by atoms with van der Waals surface area (Å²) < 4.78 is 26.7. The Kier molecular flexibility index (Phi) is 3.58. The lowest BCUT2D eigenvalue weighted by molar-refractivity contribution is 0.483. The van der Waals surface area contributed by atoms with Gasteiger partial charge in [0.15, 0.2) is 11.6 Å². The molecule has 1 atom stereocenters. The summed E-state index contributed by atoms with van der Waals surface area (Å²) in [6.07, 6.45) is 0.458. The standard InChI is InChI=1S/C12H15F2N/c1-7(2)6-10(15)9-5-4-8(3)11(13)12(9)14/h4-5,10H,1,6,15H2,2-3H3/t10-/m1/s1. The van der Waals surface area contributed by atoms with Crippen molar-refractivity contribution in [3.63, 3.8) is 0 Å². The zero-order valence-electron chi connectivity index (χ0n) is 8.98. The zero-order chi connectivity index (χ0) is 11.6. The van der Waals surface area contributed by atoms with Gasteiger partial charge < -0.3 is 5.73 Å². The van der Waals surface area contributed by atoms with Crippen LogP contribution in [0.1, 0.15) is 30.5 Å². The van der Waals surface area contributed by atoms with Crippen LogP contribution in [0, 0.1) is 18.6 Å². The topological polar surface area (TPSA) is 26.0 Å². The molecule has 0 aromatic heterocycles. The van der Waals surface area contributed by atoms with Crippen molar-refractivity contribution >= 4 is 0 Å². The maximum atomic E-state index is 13.5. The number of benzene rings is 1. The molecule has 1 aromatic rings. The minimum Gasteiger partial charge on any atom is -0.324 e. The van der Waals surface area contributed by atoms with Crippen molar-refractivity contribution in [2.45, 2.75) is 26.3 Å². The van der Waals surface area contributed by atoms with Gasteiger partial charge in [-0.05, 0) is 25.8 Å². The first-order chi connectivity index (χ1) is 6.93. The van der Waals surface area contributed by atoms with E-state index in [1.165, 1.54) is 19.1 Å². The van der Waals surface area contributed by atoms with Crippen LogP contribution in [0.2, 0.25) is 0 Å². The average molecular weight is 211 g/mol. The van der Waals surface area contributed by atoms with E-state index in [1.54, 1.807) is 0 Å². The third-order valence-electron chi connectivity index (χ3n) is 2.27. The number of nitrogens with two attached hydrogens (primary N) is 1. The van der Waals surface area contributed by atoms with Gasteiger partial charge in [0, 0.05) is 11.6 Å². The Hall–Kier alpha value is -1.22. The Morgan fingerprint density at radius 1 is 1.40 bits per heavy atom. The number of aryl methyl sites for hydroxylation is 1. The van der Waals surface area contributed by atoms with Crippen LogP contribution in [0.15, 0.2) is 24.3 Å². The summed E-state index contributed by atoms with van der Waals surface area (Å²) in [7, 11) is 0. The van der Waals surface area contributed by atoms with Crippen LogP contribution in [0.5, 0.6) is 0 Å². The van der Waals surface area contributed by atoms with Crippen LogP contribution in [-0.2, 0) is 0 Å². The molecule has 0 saturated heterocycles. The minimum atomic E-state index is -0.844. The van der Waals surface area contributed by atoms with E-state index in [0.717, 1.165) is 5.57 Å². The SMILES string of the molecule is C=C(C)C[C@@H](N)c1ccc(C)c(F)c1F. The first-order valence-corrected chi connectivity index (χ1v) is 4.78. The van der Waals surface area contributed by atoms with E-state index in [2.05, 4.69) is 6.58 Å². The highest BCUT2D eigenvalue weighted by Crippen LogP contribution is 2.23. The smallest absolute Gasteiger partial charge is 0.163 e. The fourth-order valence-electron chi connectivity index (χ4n) is 1.43. The fraction of sp³-hybridized carbons (Fsp3) is 0.333. The second kappa shape index (κ2) is 4.53. The summed E-state index contributed by atoms with van der Waals surface area (Å²) in [4.78, 5) is 0. The van der Waals surface area contributed by atoms with Crippen molar-refractivity contribution in [3.05, 3.63) is 47.0 Å². The largest absolute Gasteiger partial charge is 0.324 e. The van der Waals surface area contributed by atoms with E-state index >= 15 is 0 Å². The van der Waals surface area contributed by atoms with Crippen molar-refractivity contribution in [2.24, 2.45) is 5.73 Å². The first-order valence-electron chi connectivity index (χ1n) is 4.78. The molecule has 0 aliphatic rings. The number of hydrogen-bond acceptors (Lipinski definition) is 1. The predicted molar refractivity (Wildman–Crippen MR) is 57.5 cm³/mol. The van der Waals surface area contributed by atoms with Gasteiger partial charge in [0.2, 0.25) is 0 Å². The van der Waals surface area contributed by atoms with Gasteiger partial charge in [0.25, 0.3) is 0 Å². The fourth-order valence-corrected chi connectivity index (χ4v) is 1.43. The van der Waals surface area contributed by atoms with E-state index in [4.69, 9.17) is 5.73 Å². The molecule has 0 amide bonds. The highest BCUT2D eigenvalue weighted by molar-refractivity contribution is 5.28. The molecule has 0 radical (unpaired) electrons. The predicted octanol–water partition coefficient (Wildman–Crippen LogP) is 3.24. The molecule has 0 saturated carbocycles. The summed E-state index contributed by atoms with van der Waals surface area (Å²) in [6, 6.07) is 2.53. The molecule has 0 spiro atoms. The molecule has 0 aliphatic carbocycles. The minimum absolute atomic E-state index is 0.209. The van der Waals surface area contributed by atoms with E-state index in [9.17, 15) is 8.78 Å². The number of halogens is 2. The Balaban J connectivity index is 3.05. The third-order valence-corrected chi connectivity index (χ3v) is 2.27. The maximum absolute atomic E-state index is 13.5. The molecule has 0 aliphatic heterocycles. The van der Waals surface area contributed by atoms with Crippen LogP contribution in [0.4, 0.5) is 8.78 Å². The van der Waals surface area contributed by atoms with Gasteiger partial charge in [-0.3, -0.25) is 0 Å². The van der Waals surface area contributed by atoms with Crippen LogP contribution in [0.25, 0.3) is 0 Å². The molecule has 82 valence electrons. The van der Waals surface area contributed by atoms with Gasteiger partial charge in [0.1, 0.15) is 0 Å². The molecule has 15 heavy (non-hydrogen) atoms. The second-order valence-electron chi connectivity index (χ2n) is 3.87. The number of rotatable bonds is 3. The van der Waals surface area contributed by atoms with Crippen molar-refractivity contribution < 1.29 is 8.78 Å². The van der Waals surface area contributed by atoms with Crippen LogP contribution in [-0.4, -0.2) is 0 Å². The van der Waals surface area contributed by atoms with E-state index in [-0.39, 0.29) is 5.56 Å². The molecule has 0 bridgehead atoms. The Labute approximate surface area is 88.6 Å². The van der Waals surface area contributed by atoms with E-state index in [0.29, 0.717) is 12.0 Å². The average Bonchev–Trinajstić information content (AvgIpc) is 2.13. The van der Waals surface area contributed by atoms with Gasteiger partial charge in [0.05, 0.1) is 0 Å². The Morgan fingerprint density at radius 2 is 2.00 bits per heavy atom. The molecule has 0 heterocycles. The Morgan fingerprint density at radius 3 is 2.53 bits per heavy atom. The monoisotopic (exact) mass is 211 g/mol. The van der Waals surface area contributed by atoms with Crippen molar-refractivity contribution in [1.29, 1.82) is 0 Å². The highest BCUT2D eigenvalue weighted by Gasteiger charge is 2.16. The molecule has 1 rings (SSSR count). The summed E-state index contributed by atoms with van der Waals surface area (Å²) in [6.45, 7) is 7.02. The van der Waals surface area contributed by atoms with Gasteiger partial charge in [-0.15, -0.1) is 6.58 Å². The molecular weight excluding hydrogens is 196 g/mol. The lowest BCUT2D eigenvalue weighted by Crippen LogP contribution is -2.13. The third kappa shape index (κ3) is 2.63. The highest BCUT2D eigenvalue weighted by atomic mass is 19.2. The van der Waals surface area contributed by atoms with Crippen LogP contribution < -0.4 is 5.73 Å². The summed E-state index contributed by atoms with van der Waals surface area (Å²) >= 11 is 0. The molecular formula is C12H15F2N. The van der Waals surface area contributed by atoms with E-state index in [1.807, 2.05) is 6.92 Å². The second-order valence-corrected chi connectivity index (χ2v) is 3.87. The van der Waals surface area contributed by atoms with Crippen molar-refractivity contribution in [3.8, 4) is 0 Å². The molecule has 3 heteroatoms. The summed E-state index contributed by atoms with van der Waals surface area (Å²) in [5.41, 5.74) is 7.10. The normalized spacial score (nSPS) is 12.6. The van der Waals surface area contributed by atoms with Crippen LogP contribution >= 0.6 is 0 Å².